The Bertz CT molecular complexity index is 1170. The predicted molar refractivity (Wildman–Crippen MR) is 115 cm³/mol. The zero-order valence-electron chi connectivity index (χ0n) is 15.6. The lowest BCUT2D eigenvalue weighted by molar-refractivity contribution is 0.355. The number of rotatable bonds is 6. The van der Waals surface area contributed by atoms with Crippen LogP contribution in [0.15, 0.2) is 45.9 Å². The van der Waals surface area contributed by atoms with Gasteiger partial charge >= 0.3 is 0 Å². The molecule has 144 valence electrons. The Morgan fingerprint density at radius 2 is 1.96 bits per heavy atom. The molecule has 0 bridgehead atoms. The van der Waals surface area contributed by atoms with Crippen LogP contribution < -0.4 is 20.3 Å². The van der Waals surface area contributed by atoms with Gasteiger partial charge in [-0.1, -0.05) is 6.07 Å². The minimum absolute atomic E-state index is 0.120. The Morgan fingerprint density at radius 1 is 1.14 bits per heavy atom. The molecule has 0 aliphatic carbocycles. The molecule has 28 heavy (non-hydrogen) atoms. The van der Waals surface area contributed by atoms with E-state index in [1.165, 1.54) is 11.3 Å². The van der Waals surface area contributed by atoms with Crippen LogP contribution in [0.2, 0.25) is 0 Å². The second kappa shape index (κ2) is 7.65. The minimum Gasteiger partial charge on any atom is -0.493 e. The van der Waals surface area contributed by atoms with Crippen molar-refractivity contribution in [3.8, 4) is 21.9 Å². The first-order valence-electron chi connectivity index (χ1n) is 8.64. The van der Waals surface area contributed by atoms with E-state index in [-0.39, 0.29) is 11.6 Å². The number of H-pyrrole nitrogens is 1. The molecule has 0 aliphatic rings. The second-order valence-corrected chi connectivity index (χ2v) is 8.00. The number of hydrogen-bond donors (Lipinski definition) is 2. The molecule has 4 aromatic rings. The normalized spacial score (nSPS) is 12.1. The van der Waals surface area contributed by atoms with Gasteiger partial charge in [-0.25, -0.2) is 4.98 Å². The summed E-state index contributed by atoms with van der Waals surface area (Å²) in [6.45, 7) is 1.95. The topological polar surface area (TPSA) is 76.2 Å². The molecule has 1 atom stereocenters. The highest BCUT2D eigenvalue weighted by Gasteiger charge is 2.16. The number of nitrogens with one attached hydrogen (secondary N) is 2. The van der Waals surface area contributed by atoms with Gasteiger partial charge in [0.1, 0.15) is 10.7 Å². The summed E-state index contributed by atoms with van der Waals surface area (Å²) in [5.41, 5.74) is 1.67. The molecule has 2 N–H and O–H groups in total. The van der Waals surface area contributed by atoms with Crippen molar-refractivity contribution in [2.75, 3.05) is 19.5 Å². The summed E-state index contributed by atoms with van der Waals surface area (Å²) < 4.78 is 10.6. The molecule has 0 fully saturated rings. The molecule has 4 rings (SSSR count). The number of thiophene rings is 2. The first-order chi connectivity index (χ1) is 13.6. The molecule has 6 nitrogen and oxygen atoms in total. The number of benzene rings is 1. The lowest BCUT2D eigenvalue weighted by Crippen LogP contribution is -2.17. The van der Waals surface area contributed by atoms with Crippen molar-refractivity contribution in [1.82, 2.24) is 9.97 Å². The van der Waals surface area contributed by atoms with Crippen LogP contribution in [0.4, 0.5) is 5.69 Å². The minimum atomic E-state index is -0.192. The molecule has 0 spiro atoms. The van der Waals surface area contributed by atoms with Crippen LogP contribution in [0, 0.1) is 0 Å². The van der Waals surface area contributed by atoms with Gasteiger partial charge in [-0.3, -0.25) is 4.79 Å². The van der Waals surface area contributed by atoms with Gasteiger partial charge in [-0.15, -0.1) is 22.7 Å². The molecule has 0 saturated carbocycles. The highest BCUT2D eigenvalue weighted by Crippen LogP contribution is 2.34. The Hall–Kier alpha value is -2.84. The number of aromatic nitrogens is 2. The van der Waals surface area contributed by atoms with Crippen molar-refractivity contribution in [3.05, 3.63) is 57.3 Å². The van der Waals surface area contributed by atoms with Gasteiger partial charge in [0.2, 0.25) is 0 Å². The standard InChI is InChI=1S/C20H19N3O3S2/c1-11(21-12-6-7-14(25-2)15(9-12)26-3)18-22-19(24)17-13(10-28-20(17)23-18)16-5-4-8-27-16/h4-11,21H,1-3H3,(H,22,23,24)/t11-/m1/s1. The van der Waals surface area contributed by atoms with E-state index in [9.17, 15) is 4.79 Å². The third-order valence-corrected chi connectivity index (χ3v) is 6.20. The van der Waals surface area contributed by atoms with Gasteiger partial charge in [0.25, 0.3) is 5.56 Å². The van der Waals surface area contributed by atoms with Gasteiger partial charge in [0.05, 0.1) is 25.6 Å². The molecule has 8 heteroatoms. The van der Waals surface area contributed by atoms with Gasteiger partial charge in [-0.05, 0) is 30.5 Å². The molecule has 0 amide bonds. The fourth-order valence-corrected chi connectivity index (χ4v) is 4.80. The van der Waals surface area contributed by atoms with E-state index < -0.39 is 0 Å². The molecule has 0 saturated heterocycles. The van der Waals surface area contributed by atoms with E-state index in [1.807, 2.05) is 48.0 Å². The van der Waals surface area contributed by atoms with Crippen molar-refractivity contribution in [3.63, 3.8) is 0 Å². The molecule has 0 unspecified atom stereocenters. The molecular formula is C20H19N3O3S2. The lowest BCUT2D eigenvalue weighted by Gasteiger charge is -2.16. The van der Waals surface area contributed by atoms with E-state index in [0.29, 0.717) is 22.7 Å². The van der Waals surface area contributed by atoms with E-state index in [2.05, 4.69) is 15.3 Å². The first kappa shape index (κ1) is 18.5. The summed E-state index contributed by atoms with van der Waals surface area (Å²) in [7, 11) is 3.20. The third kappa shape index (κ3) is 3.36. The van der Waals surface area contributed by atoms with E-state index >= 15 is 0 Å². The number of methoxy groups -OCH3 is 2. The van der Waals surface area contributed by atoms with Crippen molar-refractivity contribution < 1.29 is 9.47 Å². The fourth-order valence-electron chi connectivity index (χ4n) is 3.03. The third-order valence-electron chi connectivity index (χ3n) is 4.43. The Kier molecular flexibility index (Phi) is 5.06. The highest BCUT2D eigenvalue weighted by atomic mass is 32.1. The van der Waals surface area contributed by atoms with Crippen LogP contribution >= 0.6 is 22.7 Å². The van der Waals surface area contributed by atoms with Gasteiger partial charge in [0, 0.05) is 27.6 Å². The van der Waals surface area contributed by atoms with Crippen molar-refractivity contribution >= 4 is 38.6 Å². The van der Waals surface area contributed by atoms with Gasteiger partial charge in [0.15, 0.2) is 11.5 Å². The monoisotopic (exact) mass is 413 g/mol. The number of hydrogen-bond acceptors (Lipinski definition) is 7. The van der Waals surface area contributed by atoms with Crippen LogP contribution in [0.3, 0.4) is 0 Å². The molecule has 0 aliphatic heterocycles. The molecule has 0 radical (unpaired) electrons. The molecule has 3 aromatic heterocycles. The van der Waals surface area contributed by atoms with Crippen LogP contribution in [0.5, 0.6) is 11.5 Å². The summed E-state index contributed by atoms with van der Waals surface area (Å²) in [5.74, 6) is 1.88. The zero-order valence-corrected chi connectivity index (χ0v) is 17.2. The van der Waals surface area contributed by atoms with Gasteiger partial charge in [-0.2, -0.15) is 0 Å². The van der Waals surface area contributed by atoms with Crippen LogP contribution in [-0.4, -0.2) is 24.2 Å². The second-order valence-electron chi connectivity index (χ2n) is 6.19. The average Bonchev–Trinajstić information content (AvgIpc) is 3.37. The Labute approximate surface area is 169 Å². The molecular weight excluding hydrogens is 394 g/mol. The summed E-state index contributed by atoms with van der Waals surface area (Å²) in [5, 5.41) is 8.00. The fraction of sp³-hybridized carbons (Fsp3) is 0.200. The number of fused-ring (bicyclic) bond motifs is 1. The van der Waals surface area contributed by atoms with Gasteiger partial charge < -0.3 is 19.8 Å². The lowest BCUT2D eigenvalue weighted by atomic mass is 10.2. The largest absolute Gasteiger partial charge is 0.493 e. The Balaban J connectivity index is 1.65. The van der Waals surface area contributed by atoms with Crippen LogP contribution in [-0.2, 0) is 0 Å². The number of anilines is 1. The quantitative estimate of drug-likeness (QED) is 0.470. The maximum absolute atomic E-state index is 12.8. The summed E-state index contributed by atoms with van der Waals surface area (Å²) in [6.07, 6.45) is 0. The van der Waals surface area contributed by atoms with Crippen molar-refractivity contribution in [1.29, 1.82) is 0 Å². The van der Waals surface area contributed by atoms with E-state index in [4.69, 9.17) is 9.47 Å². The maximum Gasteiger partial charge on any atom is 0.260 e. The number of aromatic amines is 1. The number of ether oxygens (including phenoxy) is 2. The summed E-state index contributed by atoms with van der Waals surface area (Å²) in [6, 6.07) is 9.39. The zero-order chi connectivity index (χ0) is 19.7. The van der Waals surface area contributed by atoms with E-state index in [0.717, 1.165) is 21.0 Å². The first-order valence-corrected chi connectivity index (χ1v) is 10.4. The van der Waals surface area contributed by atoms with Crippen molar-refractivity contribution in [2.45, 2.75) is 13.0 Å². The van der Waals surface area contributed by atoms with Crippen LogP contribution in [0.25, 0.3) is 20.7 Å². The maximum atomic E-state index is 12.8. The van der Waals surface area contributed by atoms with E-state index in [1.54, 1.807) is 25.6 Å². The number of nitrogens with zero attached hydrogens (tertiary/aromatic N) is 1. The van der Waals surface area contributed by atoms with Crippen molar-refractivity contribution in [2.24, 2.45) is 0 Å². The predicted octanol–water partition coefficient (Wildman–Crippen LogP) is 4.90. The SMILES string of the molecule is COc1ccc(N[C@H](C)c2nc3scc(-c4cccs4)c3c(=O)[nH]2)cc1OC. The average molecular weight is 414 g/mol. The summed E-state index contributed by atoms with van der Waals surface area (Å²) >= 11 is 3.10. The smallest absolute Gasteiger partial charge is 0.260 e. The molecule has 3 heterocycles. The summed E-state index contributed by atoms with van der Waals surface area (Å²) in [4.78, 5) is 22.2. The Morgan fingerprint density at radius 3 is 2.68 bits per heavy atom. The highest BCUT2D eigenvalue weighted by molar-refractivity contribution is 7.18. The van der Waals surface area contributed by atoms with Crippen LogP contribution in [0.1, 0.15) is 18.8 Å². The molecule has 1 aromatic carbocycles.